The molecule has 1 aliphatic rings. The highest BCUT2D eigenvalue weighted by Crippen LogP contribution is 2.32. The van der Waals surface area contributed by atoms with Gasteiger partial charge in [-0.2, -0.15) is 5.10 Å². The van der Waals surface area contributed by atoms with Crippen molar-refractivity contribution in [3.8, 4) is 0 Å². The predicted molar refractivity (Wildman–Crippen MR) is 95.6 cm³/mol. The zero-order chi connectivity index (χ0) is 17.2. The molecule has 25 heavy (non-hydrogen) atoms. The first-order chi connectivity index (χ1) is 12.3. The minimum atomic E-state index is -0.132. The van der Waals surface area contributed by atoms with Crippen LogP contribution in [0.4, 0.5) is 4.39 Å². The summed E-state index contributed by atoms with van der Waals surface area (Å²) in [6, 6.07) is 11.0. The summed E-state index contributed by atoms with van der Waals surface area (Å²) in [7, 11) is 0. The summed E-state index contributed by atoms with van der Waals surface area (Å²) in [4.78, 5) is 6.77. The number of fused-ring (bicyclic) bond motifs is 1. The Hall–Kier alpha value is -2.31. The van der Waals surface area contributed by atoms with Gasteiger partial charge in [0, 0.05) is 42.7 Å². The van der Waals surface area contributed by atoms with Crippen LogP contribution >= 0.6 is 0 Å². The Bertz CT molecular complexity index is 875. The molecule has 130 valence electrons. The van der Waals surface area contributed by atoms with Gasteiger partial charge >= 0.3 is 0 Å². The van der Waals surface area contributed by atoms with E-state index in [0.29, 0.717) is 25.6 Å². The number of hydrogen-bond acceptors (Lipinski definition) is 4. The van der Waals surface area contributed by atoms with E-state index in [-0.39, 0.29) is 5.82 Å². The number of benzene rings is 1. The van der Waals surface area contributed by atoms with E-state index >= 15 is 0 Å². The molecule has 4 rings (SSSR count). The highest BCUT2D eigenvalue weighted by molar-refractivity contribution is 5.78. The van der Waals surface area contributed by atoms with Crippen molar-refractivity contribution < 1.29 is 4.39 Å². The largest absolute Gasteiger partial charge is 0.329 e. The van der Waals surface area contributed by atoms with Crippen LogP contribution in [0.2, 0.25) is 0 Å². The fourth-order valence-corrected chi connectivity index (χ4v) is 3.68. The zero-order valence-corrected chi connectivity index (χ0v) is 14.1. The fourth-order valence-electron chi connectivity index (χ4n) is 3.68. The van der Waals surface area contributed by atoms with Crippen LogP contribution in [-0.2, 0) is 13.1 Å². The molecule has 2 N–H and O–H groups in total. The summed E-state index contributed by atoms with van der Waals surface area (Å²) in [6.07, 6.45) is 2.82. The number of pyridine rings is 1. The second kappa shape index (κ2) is 6.90. The summed E-state index contributed by atoms with van der Waals surface area (Å²) in [5.41, 5.74) is 8.45. The molecule has 0 amide bonds. The van der Waals surface area contributed by atoms with Crippen molar-refractivity contribution in [1.29, 1.82) is 0 Å². The average Bonchev–Trinajstić information content (AvgIpc) is 3.23. The van der Waals surface area contributed by atoms with Crippen molar-refractivity contribution in [1.82, 2.24) is 19.7 Å². The quantitative estimate of drug-likeness (QED) is 0.776. The number of aromatic nitrogens is 3. The van der Waals surface area contributed by atoms with Gasteiger partial charge in [0.2, 0.25) is 0 Å². The van der Waals surface area contributed by atoms with Gasteiger partial charge in [0.05, 0.1) is 12.2 Å². The number of hydrogen-bond donors (Lipinski definition) is 1. The molecular weight excluding hydrogens is 317 g/mol. The first kappa shape index (κ1) is 16.2. The maximum absolute atomic E-state index is 13.9. The van der Waals surface area contributed by atoms with Gasteiger partial charge in [-0.05, 0) is 31.2 Å². The maximum atomic E-state index is 13.9. The Morgan fingerprint density at radius 1 is 1.20 bits per heavy atom. The van der Waals surface area contributed by atoms with Crippen LogP contribution < -0.4 is 5.73 Å². The van der Waals surface area contributed by atoms with Crippen LogP contribution in [0.15, 0.2) is 42.6 Å². The SMILES string of the molecule is NCCn1nc([C@H]2CCN(Cc3ccccc3F)C2)c2cccnc21. The van der Waals surface area contributed by atoms with Crippen LogP contribution in [0.3, 0.4) is 0 Å². The summed E-state index contributed by atoms with van der Waals surface area (Å²) in [6.45, 7) is 3.68. The molecule has 0 bridgehead atoms. The van der Waals surface area contributed by atoms with Crippen molar-refractivity contribution in [3.05, 3.63) is 59.7 Å². The Labute approximate surface area is 146 Å². The molecule has 1 aliphatic heterocycles. The lowest BCUT2D eigenvalue weighted by Crippen LogP contribution is -2.20. The van der Waals surface area contributed by atoms with Crippen molar-refractivity contribution >= 4 is 11.0 Å². The van der Waals surface area contributed by atoms with Gasteiger partial charge in [-0.15, -0.1) is 0 Å². The first-order valence-corrected chi connectivity index (χ1v) is 8.73. The number of halogens is 1. The summed E-state index contributed by atoms with van der Waals surface area (Å²) < 4.78 is 15.8. The molecular formula is C19H22FN5. The molecule has 0 unspecified atom stereocenters. The normalized spacial score (nSPS) is 18.2. The van der Waals surface area contributed by atoms with E-state index in [2.05, 4.69) is 16.0 Å². The Balaban J connectivity index is 1.56. The molecule has 2 aromatic heterocycles. The lowest BCUT2D eigenvalue weighted by Gasteiger charge is -2.16. The summed E-state index contributed by atoms with van der Waals surface area (Å²) >= 11 is 0. The third-order valence-electron chi connectivity index (χ3n) is 4.89. The molecule has 0 radical (unpaired) electrons. The molecule has 0 aliphatic carbocycles. The molecule has 1 fully saturated rings. The van der Waals surface area contributed by atoms with Crippen molar-refractivity contribution in [2.45, 2.75) is 25.4 Å². The van der Waals surface area contributed by atoms with E-state index in [9.17, 15) is 4.39 Å². The van der Waals surface area contributed by atoms with E-state index in [1.54, 1.807) is 12.3 Å². The van der Waals surface area contributed by atoms with Crippen LogP contribution in [0.5, 0.6) is 0 Å². The van der Waals surface area contributed by atoms with Crippen molar-refractivity contribution in [2.75, 3.05) is 19.6 Å². The lowest BCUT2D eigenvalue weighted by atomic mass is 10.0. The highest BCUT2D eigenvalue weighted by atomic mass is 19.1. The predicted octanol–water partition coefficient (Wildman–Crippen LogP) is 2.52. The van der Waals surface area contributed by atoms with Crippen LogP contribution in [-0.4, -0.2) is 39.3 Å². The Kier molecular flexibility index (Phi) is 4.46. The van der Waals surface area contributed by atoms with Gasteiger partial charge in [0.15, 0.2) is 5.65 Å². The van der Waals surface area contributed by atoms with E-state index in [0.717, 1.165) is 41.8 Å². The van der Waals surface area contributed by atoms with E-state index < -0.39 is 0 Å². The molecule has 6 heteroatoms. The fraction of sp³-hybridized carbons (Fsp3) is 0.368. The Morgan fingerprint density at radius 3 is 2.92 bits per heavy atom. The first-order valence-electron chi connectivity index (χ1n) is 8.73. The molecule has 0 spiro atoms. The van der Waals surface area contributed by atoms with Gasteiger partial charge in [-0.1, -0.05) is 18.2 Å². The molecule has 5 nitrogen and oxygen atoms in total. The van der Waals surface area contributed by atoms with E-state index in [1.807, 2.05) is 22.9 Å². The number of nitrogens with zero attached hydrogens (tertiary/aromatic N) is 4. The van der Waals surface area contributed by atoms with Crippen LogP contribution in [0, 0.1) is 5.82 Å². The number of nitrogens with two attached hydrogens (primary N) is 1. The topological polar surface area (TPSA) is 60.0 Å². The third kappa shape index (κ3) is 3.15. The molecule has 1 atom stereocenters. The second-order valence-electron chi connectivity index (χ2n) is 6.58. The summed E-state index contributed by atoms with van der Waals surface area (Å²) in [5, 5.41) is 5.90. The van der Waals surface area contributed by atoms with E-state index in [1.165, 1.54) is 6.07 Å². The molecule has 1 aromatic carbocycles. The number of rotatable bonds is 5. The van der Waals surface area contributed by atoms with Crippen LogP contribution in [0.25, 0.3) is 11.0 Å². The minimum Gasteiger partial charge on any atom is -0.329 e. The Morgan fingerprint density at radius 2 is 2.08 bits per heavy atom. The van der Waals surface area contributed by atoms with Gasteiger partial charge in [-0.25, -0.2) is 14.1 Å². The van der Waals surface area contributed by atoms with Gasteiger partial charge in [0.1, 0.15) is 5.82 Å². The average molecular weight is 339 g/mol. The molecule has 0 saturated carbocycles. The molecule has 1 saturated heterocycles. The third-order valence-corrected chi connectivity index (χ3v) is 4.89. The zero-order valence-electron chi connectivity index (χ0n) is 14.1. The minimum absolute atomic E-state index is 0.132. The summed E-state index contributed by atoms with van der Waals surface area (Å²) in [5.74, 6) is 0.213. The van der Waals surface area contributed by atoms with Crippen molar-refractivity contribution in [3.63, 3.8) is 0 Å². The molecule has 3 heterocycles. The monoisotopic (exact) mass is 339 g/mol. The highest BCUT2D eigenvalue weighted by Gasteiger charge is 2.28. The van der Waals surface area contributed by atoms with Crippen molar-refractivity contribution in [2.24, 2.45) is 5.73 Å². The lowest BCUT2D eigenvalue weighted by molar-refractivity contribution is 0.320. The van der Waals surface area contributed by atoms with Gasteiger partial charge in [-0.3, -0.25) is 4.90 Å². The van der Waals surface area contributed by atoms with Gasteiger partial charge in [0.25, 0.3) is 0 Å². The van der Waals surface area contributed by atoms with Crippen LogP contribution in [0.1, 0.15) is 23.6 Å². The molecule has 3 aromatic rings. The second-order valence-corrected chi connectivity index (χ2v) is 6.58. The standard InChI is InChI=1S/C19H22FN5/c20-17-6-2-1-4-14(17)12-24-10-7-15(13-24)18-16-5-3-9-22-19(16)25(23-18)11-8-21/h1-6,9,15H,7-8,10-13,21H2/t15-/m0/s1. The van der Waals surface area contributed by atoms with E-state index in [4.69, 9.17) is 10.8 Å². The number of likely N-dealkylation sites (tertiary alicyclic amines) is 1. The van der Waals surface area contributed by atoms with Gasteiger partial charge < -0.3 is 5.73 Å². The maximum Gasteiger partial charge on any atom is 0.158 e. The smallest absolute Gasteiger partial charge is 0.158 e.